The van der Waals surface area contributed by atoms with E-state index in [-0.39, 0.29) is 0 Å². The number of hydrogen-bond donors (Lipinski definition) is 1. The topological polar surface area (TPSA) is 28.4 Å². The lowest BCUT2D eigenvalue weighted by Crippen LogP contribution is -2.37. The number of likely N-dealkylation sites (N-methyl/N-ethyl adjacent to an activating group) is 1. The van der Waals surface area contributed by atoms with Crippen molar-refractivity contribution in [2.45, 2.75) is 39.3 Å². The number of nitrogens with zero attached hydrogens (tertiary/aromatic N) is 1. The predicted octanol–water partition coefficient (Wildman–Crippen LogP) is 4.48. The van der Waals surface area contributed by atoms with Gasteiger partial charge < -0.3 is 9.73 Å². The Hall–Kier alpha value is -1.29. The van der Waals surface area contributed by atoms with Gasteiger partial charge in [-0.15, -0.1) is 0 Å². The lowest BCUT2D eigenvalue weighted by atomic mass is 10.1. The molecule has 1 aliphatic heterocycles. The second kappa shape index (κ2) is 7.52. The van der Waals surface area contributed by atoms with Gasteiger partial charge in [0, 0.05) is 23.2 Å². The highest BCUT2D eigenvalue weighted by molar-refractivity contribution is 6.31. The zero-order valence-corrected chi connectivity index (χ0v) is 14.7. The van der Waals surface area contributed by atoms with Crippen molar-refractivity contribution in [3.8, 4) is 11.3 Å². The lowest BCUT2D eigenvalue weighted by molar-refractivity contribution is 0.258. The van der Waals surface area contributed by atoms with E-state index in [2.05, 4.69) is 29.3 Å². The molecular weight excluding hydrogens is 308 g/mol. The molecule has 3 nitrogen and oxygen atoms in total. The number of nitrogens with one attached hydrogen (secondary N) is 1. The third kappa shape index (κ3) is 3.79. The van der Waals surface area contributed by atoms with Crippen molar-refractivity contribution >= 4 is 11.6 Å². The molecule has 124 valence electrons. The van der Waals surface area contributed by atoms with E-state index in [1.165, 1.54) is 19.4 Å². The van der Waals surface area contributed by atoms with Crippen LogP contribution in [-0.2, 0) is 6.54 Å². The van der Waals surface area contributed by atoms with Crippen LogP contribution in [0.5, 0.6) is 0 Å². The Morgan fingerprint density at radius 1 is 1.30 bits per heavy atom. The van der Waals surface area contributed by atoms with Crippen LogP contribution in [0.4, 0.5) is 0 Å². The number of benzene rings is 1. The highest BCUT2D eigenvalue weighted by Crippen LogP contribution is 2.29. The quantitative estimate of drug-likeness (QED) is 0.845. The molecule has 2 aromatic rings. The maximum absolute atomic E-state index is 6.20. The largest absolute Gasteiger partial charge is 0.460 e. The summed E-state index contributed by atoms with van der Waals surface area (Å²) < 4.78 is 5.99. The summed E-state index contributed by atoms with van der Waals surface area (Å²) in [6.07, 6.45) is 2.62. The van der Waals surface area contributed by atoms with Gasteiger partial charge in [-0.3, -0.25) is 4.90 Å². The lowest BCUT2D eigenvalue weighted by Gasteiger charge is -2.22. The number of hydrogen-bond acceptors (Lipinski definition) is 3. The highest BCUT2D eigenvalue weighted by Gasteiger charge is 2.22. The molecule has 0 spiro atoms. The first kappa shape index (κ1) is 16.6. The molecule has 1 aromatic heterocycles. The van der Waals surface area contributed by atoms with E-state index >= 15 is 0 Å². The van der Waals surface area contributed by atoms with Crippen molar-refractivity contribution < 1.29 is 4.42 Å². The maximum atomic E-state index is 6.20. The van der Waals surface area contributed by atoms with E-state index in [1.807, 2.05) is 25.1 Å². The Balaban J connectivity index is 1.58. The number of rotatable bonds is 6. The summed E-state index contributed by atoms with van der Waals surface area (Å²) >= 11 is 6.20. The summed E-state index contributed by atoms with van der Waals surface area (Å²) in [5.74, 6) is 1.86. The molecule has 1 aliphatic rings. The minimum Gasteiger partial charge on any atom is -0.460 e. The average Bonchev–Trinajstić information content (AvgIpc) is 3.19. The molecule has 0 bridgehead atoms. The Bertz CT molecular complexity index is 653. The minimum absolute atomic E-state index is 0.671. The van der Waals surface area contributed by atoms with Crippen molar-refractivity contribution in [3.63, 3.8) is 0 Å². The minimum atomic E-state index is 0.671. The molecule has 0 radical (unpaired) electrons. The van der Waals surface area contributed by atoms with Crippen LogP contribution in [0.1, 0.15) is 31.1 Å². The Kier molecular flexibility index (Phi) is 5.42. The van der Waals surface area contributed by atoms with Crippen LogP contribution in [-0.4, -0.2) is 30.6 Å². The van der Waals surface area contributed by atoms with Crippen LogP contribution in [0.2, 0.25) is 5.02 Å². The van der Waals surface area contributed by atoms with Crippen LogP contribution in [0, 0.1) is 6.92 Å². The van der Waals surface area contributed by atoms with Gasteiger partial charge in [0.2, 0.25) is 0 Å². The molecule has 0 saturated carbocycles. The number of furan rings is 1. The van der Waals surface area contributed by atoms with Crippen molar-refractivity contribution in [1.29, 1.82) is 0 Å². The standard InChI is InChI=1S/C19H25ClN2O/c1-3-22-11-5-6-15(22)12-21-13-16-9-10-19(23-16)17-7-4-8-18(20)14(17)2/h4,7-10,15,21H,3,5-6,11-13H2,1-2H3. The fraction of sp³-hybridized carbons (Fsp3) is 0.474. The van der Waals surface area contributed by atoms with Gasteiger partial charge >= 0.3 is 0 Å². The van der Waals surface area contributed by atoms with Gasteiger partial charge in [0.15, 0.2) is 0 Å². The molecule has 1 atom stereocenters. The van der Waals surface area contributed by atoms with E-state index in [0.717, 1.165) is 47.3 Å². The smallest absolute Gasteiger partial charge is 0.134 e. The van der Waals surface area contributed by atoms with Crippen molar-refractivity contribution in [2.24, 2.45) is 0 Å². The average molecular weight is 333 g/mol. The highest BCUT2D eigenvalue weighted by atomic mass is 35.5. The first-order chi connectivity index (χ1) is 11.2. The van der Waals surface area contributed by atoms with Gasteiger partial charge in [0.05, 0.1) is 6.54 Å². The SMILES string of the molecule is CCN1CCCC1CNCc1ccc(-c2cccc(Cl)c2C)o1. The second-order valence-electron chi connectivity index (χ2n) is 6.23. The molecule has 1 aromatic carbocycles. The molecule has 1 unspecified atom stereocenters. The maximum Gasteiger partial charge on any atom is 0.134 e. The molecule has 23 heavy (non-hydrogen) atoms. The molecule has 1 saturated heterocycles. The molecule has 4 heteroatoms. The van der Waals surface area contributed by atoms with E-state index in [1.54, 1.807) is 0 Å². The van der Waals surface area contributed by atoms with Crippen molar-refractivity contribution in [1.82, 2.24) is 10.2 Å². The first-order valence-corrected chi connectivity index (χ1v) is 8.85. The third-order valence-electron chi connectivity index (χ3n) is 4.78. The fourth-order valence-corrected chi connectivity index (χ4v) is 3.57. The molecular formula is C19H25ClN2O. The third-order valence-corrected chi connectivity index (χ3v) is 5.19. The van der Waals surface area contributed by atoms with Gasteiger partial charge in [0.1, 0.15) is 11.5 Å². The van der Waals surface area contributed by atoms with E-state index < -0.39 is 0 Å². The second-order valence-corrected chi connectivity index (χ2v) is 6.64. The van der Waals surface area contributed by atoms with Crippen LogP contribution in [0.15, 0.2) is 34.7 Å². The molecule has 3 rings (SSSR count). The number of likely N-dealkylation sites (tertiary alicyclic amines) is 1. The molecule has 1 N–H and O–H groups in total. The zero-order valence-electron chi connectivity index (χ0n) is 13.9. The molecule has 2 heterocycles. The normalized spacial score (nSPS) is 18.7. The summed E-state index contributed by atoms with van der Waals surface area (Å²) in [7, 11) is 0. The van der Waals surface area contributed by atoms with Crippen LogP contribution < -0.4 is 5.32 Å². The van der Waals surface area contributed by atoms with E-state index in [4.69, 9.17) is 16.0 Å². The van der Waals surface area contributed by atoms with Gasteiger partial charge in [-0.1, -0.05) is 30.7 Å². The van der Waals surface area contributed by atoms with Crippen LogP contribution in [0.25, 0.3) is 11.3 Å². The molecule has 0 amide bonds. The Labute approximate surface area is 143 Å². The molecule has 0 aliphatic carbocycles. The van der Waals surface area contributed by atoms with Crippen molar-refractivity contribution in [3.05, 3.63) is 46.7 Å². The number of halogens is 1. The Morgan fingerprint density at radius 2 is 2.17 bits per heavy atom. The zero-order chi connectivity index (χ0) is 16.2. The summed E-state index contributed by atoms with van der Waals surface area (Å²) in [4.78, 5) is 2.55. The van der Waals surface area contributed by atoms with E-state index in [0.29, 0.717) is 6.04 Å². The fourth-order valence-electron chi connectivity index (χ4n) is 3.40. The van der Waals surface area contributed by atoms with Gasteiger partial charge in [-0.05, 0) is 56.6 Å². The van der Waals surface area contributed by atoms with Gasteiger partial charge in [-0.25, -0.2) is 0 Å². The van der Waals surface area contributed by atoms with Crippen LogP contribution >= 0.6 is 11.6 Å². The molecule has 1 fully saturated rings. The summed E-state index contributed by atoms with van der Waals surface area (Å²) in [5, 5.41) is 4.31. The Morgan fingerprint density at radius 3 is 3.00 bits per heavy atom. The first-order valence-electron chi connectivity index (χ1n) is 8.48. The van der Waals surface area contributed by atoms with Gasteiger partial charge in [0.25, 0.3) is 0 Å². The summed E-state index contributed by atoms with van der Waals surface area (Å²) in [6.45, 7) is 8.45. The van der Waals surface area contributed by atoms with Crippen molar-refractivity contribution in [2.75, 3.05) is 19.6 Å². The predicted molar refractivity (Wildman–Crippen MR) is 95.9 cm³/mol. The summed E-state index contributed by atoms with van der Waals surface area (Å²) in [5.41, 5.74) is 2.13. The van der Waals surface area contributed by atoms with Crippen LogP contribution in [0.3, 0.4) is 0 Å². The van der Waals surface area contributed by atoms with E-state index in [9.17, 15) is 0 Å². The summed E-state index contributed by atoms with van der Waals surface area (Å²) in [6, 6.07) is 10.7. The monoisotopic (exact) mass is 332 g/mol. The van der Waals surface area contributed by atoms with Gasteiger partial charge in [-0.2, -0.15) is 0 Å².